The Hall–Kier alpha value is -1.43. The van der Waals surface area contributed by atoms with Gasteiger partial charge < -0.3 is 10.7 Å². The fraction of sp³-hybridized carbons (Fsp3) is 0.583. The molecule has 0 radical (unpaired) electrons. The zero-order chi connectivity index (χ0) is 13.0. The molecule has 1 aromatic rings. The van der Waals surface area contributed by atoms with Crippen LogP contribution in [0.25, 0.3) is 0 Å². The number of nitrogens with two attached hydrogens (primary N) is 1. The molecular weight excluding hydrogens is 238 g/mol. The third-order valence-corrected chi connectivity index (χ3v) is 3.39. The van der Waals surface area contributed by atoms with Gasteiger partial charge in [0, 0.05) is 12.6 Å². The number of nitrogen functional groups attached to an aromatic ring is 1. The molecule has 100 valence electrons. The minimum Gasteiger partial charge on any atom is -0.368 e. The Morgan fingerprint density at radius 2 is 1.89 bits per heavy atom. The summed E-state index contributed by atoms with van der Waals surface area (Å²) < 4.78 is 26.6. The maximum atomic E-state index is 13.4. The van der Waals surface area contributed by atoms with E-state index in [-0.39, 0.29) is 11.6 Å². The number of nitrogens with zero attached hydrogens (tertiary/aromatic N) is 1. The van der Waals surface area contributed by atoms with Gasteiger partial charge in [0.15, 0.2) is 23.3 Å². The van der Waals surface area contributed by atoms with Gasteiger partial charge in [0.25, 0.3) is 0 Å². The molecule has 0 atom stereocenters. The highest BCUT2D eigenvalue weighted by Crippen LogP contribution is 2.27. The Bertz CT molecular complexity index is 405. The summed E-state index contributed by atoms with van der Waals surface area (Å²) in [5.74, 6) is 4.21. The molecule has 6 heteroatoms. The maximum Gasteiger partial charge on any atom is 0.178 e. The van der Waals surface area contributed by atoms with Crippen molar-refractivity contribution in [3.63, 3.8) is 0 Å². The van der Waals surface area contributed by atoms with Crippen molar-refractivity contribution in [2.24, 2.45) is 11.8 Å². The van der Waals surface area contributed by atoms with Crippen LogP contribution in [-0.4, -0.2) is 11.5 Å². The number of hydrogen-bond donors (Lipinski definition) is 3. The molecule has 0 amide bonds. The SMILES string of the molecule is NNc1nc(NCCC2CCCC2)c(F)cc1F. The summed E-state index contributed by atoms with van der Waals surface area (Å²) in [6.07, 6.45) is 6.06. The first kappa shape index (κ1) is 13.0. The number of aromatic nitrogens is 1. The molecule has 4 nitrogen and oxygen atoms in total. The highest BCUT2D eigenvalue weighted by Gasteiger charge is 2.15. The van der Waals surface area contributed by atoms with Gasteiger partial charge in [0.05, 0.1) is 0 Å². The summed E-state index contributed by atoms with van der Waals surface area (Å²) in [5, 5.41) is 2.89. The number of halogens is 2. The Kier molecular flexibility index (Phi) is 4.30. The standard InChI is InChI=1S/C12H18F2N4/c13-9-7-10(14)12(18-15)17-11(9)16-6-5-8-3-1-2-4-8/h7-8H,1-6,15H2,(H2,16,17,18). The molecule has 0 bridgehead atoms. The van der Waals surface area contributed by atoms with E-state index in [4.69, 9.17) is 5.84 Å². The maximum absolute atomic E-state index is 13.4. The summed E-state index contributed by atoms with van der Waals surface area (Å²) in [5.41, 5.74) is 2.10. The van der Waals surface area contributed by atoms with Gasteiger partial charge in [-0.3, -0.25) is 0 Å². The lowest BCUT2D eigenvalue weighted by Gasteiger charge is -2.12. The predicted molar refractivity (Wildman–Crippen MR) is 67.0 cm³/mol. The Labute approximate surface area is 105 Å². The fourth-order valence-electron chi connectivity index (χ4n) is 2.39. The van der Waals surface area contributed by atoms with Gasteiger partial charge in [-0.15, -0.1) is 0 Å². The van der Waals surface area contributed by atoms with Crippen molar-refractivity contribution in [3.05, 3.63) is 17.7 Å². The molecule has 0 saturated heterocycles. The molecule has 0 aliphatic heterocycles. The van der Waals surface area contributed by atoms with Crippen LogP contribution >= 0.6 is 0 Å². The van der Waals surface area contributed by atoms with Crippen LogP contribution in [0.1, 0.15) is 32.1 Å². The van der Waals surface area contributed by atoms with Crippen LogP contribution < -0.4 is 16.6 Å². The lowest BCUT2D eigenvalue weighted by molar-refractivity contribution is 0.516. The summed E-state index contributed by atoms with van der Waals surface area (Å²) >= 11 is 0. The monoisotopic (exact) mass is 256 g/mol. The molecule has 18 heavy (non-hydrogen) atoms. The van der Waals surface area contributed by atoms with Crippen LogP contribution in [0.2, 0.25) is 0 Å². The van der Waals surface area contributed by atoms with Crippen molar-refractivity contribution in [2.75, 3.05) is 17.3 Å². The van der Waals surface area contributed by atoms with Gasteiger partial charge in [-0.2, -0.15) is 0 Å². The number of rotatable bonds is 5. The van der Waals surface area contributed by atoms with E-state index in [0.717, 1.165) is 12.5 Å². The predicted octanol–water partition coefficient (Wildman–Crippen LogP) is 2.64. The van der Waals surface area contributed by atoms with E-state index in [1.807, 2.05) is 0 Å². The molecule has 1 aliphatic carbocycles. The largest absolute Gasteiger partial charge is 0.368 e. The molecule has 1 saturated carbocycles. The van der Waals surface area contributed by atoms with E-state index in [1.54, 1.807) is 0 Å². The van der Waals surface area contributed by atoms with E-state index < -0.39 is 11.6 Å². The number of pyridine rings is 1. The van der Waals surface area contributed by atoms with Crippen molar-refractivity contribution in [2.45, 2.75) is 32.1 Å². The lowest BCUT2D eigenvalue weighted by atomic mass is 10.0. The molecule has 1 aromatic heterocycles. The number of anilines is 2. The third kappa shape index (κ3) is 3.07. The zero-order valence-corrected chi connectivity index (χ0v) is 10.2. The topological polar surface area (TPSA) is 63.0 Å². The second-order valence-corrected chi connectivity index (χ2v) is 4.66. The Morgan fingerprint density at radius 1 is 1.22 bits per heavy atom. The quantitative estimate of drug-likeness (QED) is 0.560. The van der Waals surface area contributed by atoms with Crippen LogP contribution in [0.5, 0.6) is 0 Å². The molecule has 2 rings (SSSR count). The van der Waals surface area contributed by atoms with Crippen LogP contribution in [0, 0.1) is 17.6 Å². The normalized spacial score (nSPS) is 15.9. The van der Waals surface area contributed by atoms with Crippen LogP contribution in [0.15, 0.2) is 6.07 Å². The summed E-state index contributed by atoms with van der Waals surface area (Å²) in [4.78, 5) is 3.76. The Balaban J connectivity index is 1.91. The molecule has 1 aliphatic rings. The fourth-order valence-corrected chi connectivity index (χ4v) is 2.39. The molecule has 1 fully saturated rings. The van der Waals surface area contributed by atoms with Crippen molar-refractivity contribution >= 4 is 11.6 Å². The summed E-state index contributed by atoms with van der Waals surface area (Å²) in [6, 6.07) is 0.778. The van der Waals surface area contributed by atoms with E-state index in [2.05, 4.69) is 15.7 Å². The average Bonchev–Trinajstić information content (AvgIpc) is 2.85. The van der Waals surface area contributed by atoms with Crippen molar-refractivity contribution < 1.29 is 8.78 Å². The number of nitrogens with one attached hydrogen (secondary N) is 2. The van der Waals surface area contributed by atoms with E-state index in [1.165, 1.54) is 25.7 Å². The van der Waals surface area contributed by atoms with Crippen molar-refractivity contribution in [1.29, 1.82) is 0 Å². The summed E-state index contributed by atoms with van der Waals surface area (Å²) in [7, 11) is 0. The highest BCUT2D eigenvalue weighted by molar-refractivity contribution is 5.46. The molecular formula is C12H18F2N4. The molecule has 0 spiro atoms. The summed E-state index contributed by atoms with van der Waals surface area (Å²) in [6.45, 7) is 0.643. The number of hydrogen-bond acceptors (Lipinski definition) is 4. The second-order valence-electron chi connectivity index (χ2n) is 4.66. The molecule has 0 aromatic carbocycles. The van der Waals surface area contributed by atoms with Gasteiger partial charge in [0.2, 0.25) is 0 Å². The molecule has 4 N–H and O–H groups in total. The zero-order valence-electron chi connectivity index (χ0n) is 10.2. The van der Waals surface area contributed by atoms with Crippen molar-refractivity contribution in [3.8, 4) is 0 Å². The first-order chi connectivity index (χ1) is 8.70. The van der Waals surface area contributed by atoms with Gasteiger partial charge in [-0.05, 0) is 12.3 Å². The molecule has 1 heterocycles. The Morgan fingerprint density at radius 3 is 2.56 bits per heavy atom. The highest BCUT2D eigenvalue weighted by atomic mass is 19.1. The van der Waals surface area contributed by atoms with Crippen LogP contribution in [-0.2, 0) is 0 Å². The van der Waals surface area contributed by atoms with Gasteiger partial charge >= 0.3 is 0 Å². The minimum absolute atomic E-state index is 0.0438. The van der Waals surface area contributed by atoms with Crippen molar-refractivity contribution in [1.82, 2.24) is 4.98 Å². The van der Waals surface area contributed by atoms with Crippen LogP contribution in [0.3, 0.4) is 0 Å². The van der Waals surface area contributed by atoms with Gasteiger partial charge in [-0.25, -0.2) is 19.6 Å². The van der Waals surface area contributed by atoms with E-state index >= 15 is 0 Å². The van der Waals surface area contributed by atoms with E-state index in [9.17, 15) is 8.78 Å². The van der Waals surface area contributed by atoms with Gasteiger partial charge in [-0.1, -0.05) is 25.7 Å². The first-order valence-corrected chi connectivity index (χ1v) is 6.27. The number of hydrazine groups is 1. The first-order valence-electron chi connectivity index (χ1n) is 6.27. The second kappa shape index (κ2) is 5.95. The van der Waals surface area contributed by atoms with E-state index in [0.29, 0.717) is 12.5 Å². The third-order valence-electron chi connectivity index (χ3n) is 3.39. The smallest absolute Gasteiger partial charge is 0.178 e. The van der Waals surface area contributed by atoms with Crippen LogP contribution in [0.4, 0.5) is 20.4 Å². The lowest BCUT2D eigenvalue weighted by Crippen LogP contribution is -2.14. The average molecular weight is 256 g/mol. The van der Waals surface area contributed by atoms with Gasteiger partial charge in [0.1, 0.15) is 0 Å². The minimum atomic E-state index is -0.795. The molecule has 0 unspecified atom stereocenters.